The van der Waals surface area contributed by atoms with Gasteiger partial charge >= 0.3 is 0 Å². The van der Waals surface area contributed by atoms with E-state index in [1.54, 1.807) is 0 Å². The Morgan fingerprint density at radius 2 is 2.04 bits per heavy atom. The summed E-state index contributed by atoms with van der Waals surface area (Å²) in [5.74, 6) is 1.22. The monoisotopic (exact) mass is 338 g/mol. The van der Waals surface area contributed by atoms with Gasteiger partial charge in [-0.05, 0) is 32.1 Å². The molecule has 6 heteroatoms. The van der Waals surface area contributed by atoms with E-state index in [0.717, 1.165) is 55.0 Å². The lowest BCUT2D eigenvalue weighted by atomic mass is 9.92. The largest absolute Gasteiger partial charge is 0.385 e. The highest BCUT2D eigenvalue weighted by atomic mass is 15.3. The smallest absolute Gasteiger partial charge is 0.177 e. The molecule has 0 amide bonds. The van der Waals surface area contributed by atoms with E-state index in [0.29, 0.717) is 18.0 Å². The fourth-order valence-electron chi connectivity index (χ4n) is 3.70. The van der Waals surface area contributed by atoms with Crippen molar-refractivity contribution >= 4 is 17.2 Å². The van der Waals surface area contributed by atoms with Crippen molar-refractivity contribution in [2.75, 3.05) is 17.7 Å². The molecular formula is C19H26N6. The minimum atomic E-state index is 0.327. The summed E-state index contributed by atoms with van der Waals surface area (Å²) in [6, 6.07) is 2.86. The van der Waals surface area contributed by atoms with Gasteiger partial charge in [-0.25, -0.2) is 9.50 Å². The third-order valence-corrected chi connectivity index (χ3v) is 5.20. The number of nitrogens with one attached hydrogen (secondary N) is 2. The Bertz CT molecular complexity index is 798. The average molecular weight is 338 g/mol. The first-order chi connectivity index (χ1) is 12.2. The average Bonchev–Trinajstić information content (AvgIpc) is 3.08. The van der Waals surface area contributed by atoms with Crippen molar-refractivity contribution in [1.82, 2.24) is 14.6 Å². The van der Waals surface area contributed by atoms with Crippen molar-refractivity contribution in [3.63, 3.8) is 0 Å². The van der Waals surface area contributed by atoms with Crippen molar-refractivity contribution in [2.24, 2.45) is 5.73 Å². The van der Waals surface area contributed by atoms with E-state index in [2.05, 4.69) is 41.0 Å². The molecule has 4 rings (SSSR count). The summed E-state index contributed by atoms with van der Waals surface area (Å²) in [7, 11) is 1.93. The third-order valence-electron chi connectivity index (χ3n) is 5.20. The van der Waals surface area contributed by atoms with Gasteiger partial charge in [-0.15, -0.1) is 5.10 Å². The topological polar surface area (TPSA) is 80.3 Å². The van der Waals surface area contributed by atoms with Gasteiger partial charge in [0.2, 0.25) is 0 Å². The van der Waals surface area contributed by atoms with Gasteiger partial charge in [0.15, 0.2) is 5.65 Å². The van der Waals surface area contributed by atoms with Gasteiger partial charge in [0.25, 0.3) is 0 Å². The molecule has 0 bridgehead atoms. The molecule has 1 atom stereocenters. The van der Waals surface area contributed by atoms with Crippen LogP contribution in [0.5, 0.6) is 0 Å². The van der Waals surface area contributed by atoms with Crippen LogP contribution < -0.4 is 16.4 Å². The molecule has 1 fully saturated rings. The molecule has 2 aliphatic carbocycles. The van der Waals surface area contributed by atoms with Crippen molar-refractivity contribution in [2.45, 2.75) is 50.1 Å². The lowest BCUT2D eigenvalue weighted by Gasteiger charge is -2.27. The first kappa shape index (κ1) is 16.1. The summed E-state index contributed by atoms with van der Waals surface area (Å²) >= 11 is 0. The summed E-state index contributed by atoms with van der Waals surface area (Å²) in [5.41, 5.74) is 8.93. The number of hydrogen-bond donors (Lipinski definition) is 3. The molecule has 132 valence electrons. The van der Waals surface area contributed by atoms with Gasteiger partial charge in [-0.1, -0.05) is 24.3 Å². The molecule has 6 nitrogen and oxygen atoms in total. The molecule has 1 saturated carbocycles. The number of anilines is 2. The Labute approximate surface area is 148 Å². The summed E-state index contributed by atoms with van der Waals surface area (Å²) in [5, 5.41) is 11.6. The van der Waals surface area contributed by atoms with E-state index in [1.807, 2.05) is 17.8 Å². The molecule has 4 N–H and O–H groups in total. The number of allylic oxidation sites excluding steroid dienone is 4. The Morgan fingerprint density at radius 3 is 2.76 bits per heavy atom. The number of nitrogens with zero attached hydrogens (tertiary/aromatic N) is 3. The minimum Gasteiger partial charge on any atom is -0.385 e. The predicted octanol–water partition coefficient (Wildman–Crippen LogP) is 3.05. The molecule has 0 saturated heterocycles. The van der Waals surface area contributed by atoms with Crippen molar-refractivity contribution in [3.8, 4) is 0 Å². The van der Waals surface area contributed by atoms with Crippen LogP contribution in [-0.4, -0.2) is 33.7 Å². The number of aromatic nitrogens is 3. The molecule has 2 aromatic heterocycles. The minimum absolute atomic E-state index is 0.327. The zero-order valence-corrected chi connectivity index (χ0v) is 14.7. The number of fused-ring (bicyclic) bond motifs is 1. The van der Waals surface area contributed by atoms with Gasteiger partial charge < -0.3 is 16.4 Å². The van der Waals surface area contributed by atoms with Crippen LogP contribution in [0.15, 0.2) is 36.6 Å². The molecule has 1 unspecified atom stereocenters. The van der Waals surface area contributed by atoms with E-state index in [1.165, 1.54) is 0 Å². The van der Waals surface area contributed by atoms with Gasteiger partial charge in [0.1, 0.15) is 5.82 Å². The fraction of sp³-hybridized carbons (Fsp3) is 0.474. The van der Waals surface area contributed by atoms with E-state index in [9.17, 15) is 0 Å². The molecule has 0 spiro atoms. The number of imidazole rings is 1. The Morgan fingerprint density at radius 1 is 1.20 bits per heavy atom. The van der Waals surface area contributed by atoms with E-state index < -0.39 is 0 Å². The molecular weight excluding hydrogens is 312 g/mol. The molecule has 2 heterocycles. The van der Waals surface area contributed by atoms with E-state index >= 15 is 0 Å². The molecule has 2 aliphatic rings. The van der Waals surface area contributed by atoms with E-state index in [4.69, 9.17) is 15.8 Å². The van der Waals surface area contributed by atoms with Crippen molar-refractivity contribution in [1.29, 1.82) is 0 Å². The molecule has 0 radical (unpaired) electrons. The number of hydrogen-bond acceptors (Lipinski definition) is 5. The second kappa shape index (κ2) is 6.88. The highest BCUT2D eigenvalue weighted by molar-refractivity contribution is 5.70. The van der Waals surface area contributed by atoms with Crippen LogP contribution in [-0.2, 0) is 0 Å². The fourth-order valence-corrected chi connectivity index (χ4v) is 3.70. The van der Waals surface area contributed by atoms with Crippen molar-refractivity contribution < 1.29 is 0 Å². The summed E-state index contributed by atoms with van der Waals surface area (Å²) in [6.07, 6.45) is 16.0. The number of rotatable bonds is 4. The van der Waals surface area contributed by atoms with Crippen LogP contribution in [0.3, 0.4) is 0 Å². The maximum atomic E-state index is 6.01. The first-order valence-corrected chi connectivity index (χ1v) is 9.16. The van der Waals surface area contributed by atoms with Crippen LogP contribution in [0.4, 0.5) is 11.5 Å². The van der Waals surface area contributed by atoms with E-state index in [-0.39, 0.29) is 0 Å². The standard InChI is InChI=1S/C19H26N6/c1-21-16-11-18(22-15-9-7-14(20)8-10-15)24-25-12-17(23-19(16)25)13-5-3-2-4-6-13/h2-5,11-15,21H,6-10,20H2,1H3,(H,22,24). The summed E-state index contributed by atoms with van der Waals surface area (Å²) < 4.78 is 1.89. The highest BCUT2D eigenvalue weighted by Crippen LogP contribution is 2.28. The first-order valence-electron chi connectivity index (χ1n) is 9.16. The lowest BCUT2D eigenvalue weighted by molar-refractivity contribution is 0.410. The molecule has 0 aliphatic heterocycles. The second-order valence-electron chi connectivity index (χ2n) is 7.04. The summed E-state index contributed by atoms with van der Waals surface area (Å²) in [6.45, 7) is 0. The molecule has 0 aromatic carbocycles. The molecule has 25 heavy (non-hydrogen) atoms. The summed E-state index contributed by atoms with van der Waals surface area (Å²) in [4.78, 5) is 4.81. The highest BCUT2D eigenvalue weighted by Gasteiger charge is 2.20. The van der Waals surface area contributed by atoms with Gasteiger partial charge in [0, 0.05) is 31.1 Å². The predicted molar refractivity (Wildman–Crippen MR) is 102 cm³/mol. The maximum Gasteiger partial charge on any atom is 0.177 e. The van der Waals surface area contributed by atoms with Crippen molar-refractivity contribution in [3.05, 3.63) is 42.3 Å². The third kappa shape index (κ3) is 3.39. The normalized spacial score (nSPS) is 26.1. The van der Waals surface area contributed by atoms with Crippen LogP contribution >= 0.6 is 0 Å². The lowest BCUT2D eigenvalue weighted by Crippen LogP contribution is -2.33. The van der Waals surface area contributed by atoms with Crippen LogP contribution in [0.25, 0.3) is 5.65 Å². The maximum absolute atomic E-state index is 6.01. The van der Waals surface area contributed by atoms with Crippen LogP contribution in [0, 0.1) is 0 Å². The zero-order valence-electron chi connectivity index (χ0n) is 14.7. The second-order valence-corrected chi connectivity index (χ2v) is 7.04. The number of nitrogens with two attached hydrogens (primary N) is 1. The van der Waals surface area contributed by atoms with Gasteiger partial charge in [-0.2, -0.15) is 0 Å². The Kier molecular flexibility index (Phi) is 4.44. The zero-order chi connectivity index (χ0) is 17.2. The van der Waals surface area contributed by atoms with Gasteiger partial charge in [-0.3, -0.25) is 0 Å². The quantitative estimate of drug-likeness (QED) is 0.798. The van der Waals surface area contributed by atoms with Crippen LogP contribution in [0.2, 0.25) is 0 Å². The Balaban J connectivity index is 1.60. The Hall–Kier alpha value is -2.34. The van der Waals surface area contributed by atoms with Crippen LogP contribution in [0.1, 0.15) is 43.7 Å². The van der Waals surface area contributed by atoms with Gasteiger partial charge in [0.05, 0.1) is 17.6 Å². The SMILES string of the molecule is CNc1cc(NC2CCC(N)CC2)nn2cc(C3C=CC=CC3)nc12. The molecule has 2 aromatic rings.